The van der Waals surface area contributed by atoms with Crippen molar-refractivity contribution in [3.05, 3.63) is 48.9 Å². The molecule has 1 saturated carbocycles. The molecule has 1 amide bonds. The molecule has 0 bridgehead atoms. The van der Waals surface area contributed by atoms with E-state index in [-0.39, 0.29) is 28.8 Å². The van der Waals surface area contributed by atoms with Crippen molar-refractivity contribution in [1.29, 1.82) is 0 Å². The Morgan fingerprint density at radius 2 is 2.03 bits per heavy atom. The molecule has 0 aromatic carbocycles. The summed E-state index contributed by atoms with van der Waals surface area (Å²) in [5, 5.41) is 5.78. The monoisotopic (exact) mass is 527 g/mol. The Hall–Kier alpha value is -3.96. The minimum atomic E-state index is -4.81. The number of nitrogens with zero attached hydrogens (tertiary/aromatic N) is 5. The van der Waals surface area contributed by atoms with Gasteiger partial charge in [0.25, 0.3) is 0 Å². The van der Waals surface area contributed by atoms with Gasteiger partial charge in [0, 0.05) is 62.3 Å². The molecule has 2 aliphatic rings. The van der Waals surface area contributed by atoms with E-state index in [2.05, 4.69) is 35.2 Å². The number of carbonyl (C=O) groups is 1. The van der Waals surface area contributed by atoms with Gasteiger partial charge in [0.15, 0.2) is 0 Å². The first-order valence-corrected chi connectivity index (χ1v) is 12.5. The number of rotatable bonds is 6. The molecule has 38 heavy (non-hydrogen) atoms. The second-order valence-electron chi connectivity index (χ2n) is 9.81. The van der Waals surface area contributed by atoms with Crippen LogP contribution >= 0.6 is 0 Å². The number of hydrogen-bond donors (Lipinski definition) is 2. The van der Waals surface area contributed by atoms with E-state index in [0.29, 0.717) is 17.5 Å². The van der Waals surface area contributed by atoms with Crippen LogP contribution in [0.1, 0.15) is 32.1 Å². The van der Waals surface area contributed by atoms with Gasteiger partial charge in [0.2, 0.25) is 11.9 Å². The van der Waals surface area contributed by atoms with Crippen LogP contribution in [0.5, 0.6) is 5.75 Å². The van der Waals surface area contributed by atoms with Crippen molar-refractivity contribution < 1.29 is 22.7 Å². The summed E-state index contributed by atoms with van der Waals surface area (Å²) in [5.74, 6) is 0.723. The normalized spacial score (nSPS) is 21.4. The van der Waals surface area contributed by atoms with Gasteiger partial charge in [-0.05, 0) is 49.3 Å². The molecule has 9 nitrogen and oxygen atoms in total. The summed E-state index contributed by atoms with van der Waals surface area (Å²) in [7, 11) is 1.68. The number of hydrogen-bond acceptors (Lipinski definition) is 8. The first kappa shape index (κ1) is 25.7. The van der Waals surface area contributed by atoms with E-state index in [1.165, 1.54) is 6.20 Å². The molecular weight excluding hydrogens is 499 g/mol. The molecule has 2 atom stereocenters. The molecule has 3 aromatic heterocycles. The molecule has 200 valence electrons. The smallest absolute Gasteiger partial charge is 0.406 e. The molecule has 12 heteroatoms. The minimum Gasteiger partial charge on any atom is -0.406 e. The van der Waals surface area contributed by atoms with Gasteiger partial charge in [-0.25, -0.2) is 9.97 Å². The van der Waals surface area contributed by atoms with Gasteiger partial charge >= 0.3 is 6.36 Å². The van der Waals surface area contributed by atoms with Gasteiger partial charge in [0.05, 0.1) is 5.69 Å². The second kappa shape index (κ2) is 10.4. The van der Waals surface area contributed by atoms with E-state index in [1.54, 1.807) is 31.6 Å². The summed E-state index contributed by atoms with van der Waals surface area (Å²) >= 11 is 0. The van der Waals surface area contributed by atoms with Crippen LogP contribution < -0.4 is 20.3 Å². The highest BCUT2D eigenvalue weighted by atomic mass is 19.4. The van der Waals surface area contributed by atoms with Crippen LogP contribution in [0.4, 0.5) is 30.8 Å². The maximum atomic E-state index is 12.7. The Bertz CT molecular complexity index is 1290. The third-order valence-electron chi connectivity index (χ3n) is 7.17. The lowest BCUT2D eigenvalue weighted by Gasteiger charge is -2.37. The van der Waals surface area contributed by atoms with E-state index >= 15 is 0 Å². The third kappa shape index (κ3) is 5.95. The van der Waals surface area contributed by atoms with E-state index in [0.717, 1.165) is 62.9 Å². The summed E-state index contributed by atoms with van der Waals surface area (Å²) in [5.41, 5.74) is 1.40. The van der Waals surface area contributed by atoms with Crippen molar-refractivity contribution in [3.63, 3.8) is 0 Å². The van der Waals surface area contributed by atoms with Gasteiger partial charge in [-0.2, -0.15) is 4.98 Å². The summed E-state index contributed by atoms with van der Waals surface area (Å²) in [6.45, 7) is 1.47. The number of nitrogens with one attached hydrogen (secondary N) is 2. The second-order valence-corrected chi connectivity index (χ2v) is 9.81. The predicted octanol–water partition coefficient (Wildman–Crippen LogP) is 4.71. The van der Waals surface area contributed by atoms with E-state index in [1.807, 2.05) is 6.07 Å². The zero-order valence-electron chi connectivity index (χ0n) is 20.8. The number of alkyl halides is 3. The van der Waals surface area contributed by atoms with Crippen LogP contribution in [-0.4, -0.2) is 52.3 Å². The zero-order chi connectivity index (χ0) is 26.8. The Balaban J connectivity index is 1.43. The Morgan fingerprint density at radius 3 is 2.79 bits per heavy atom. The summed E-state index contributed by atoms with van der Waals surface area (Å²) < 4.78 is 42.1. The lowest BCUT2D eigenvalue weighted by molar-refractivity contribution is -0.274. The molecule has 2 N–H and O–H groups in total. The molecule has 5 rings (SSSR count). The number of ether oxygens (including phenoxy) is 1. The Morgan fingerprint density at radius 1 is 1.16 bits per heavy atom. The summed E-state index contributed by atoms with van der Waals surface area (Å²) in [6.07, 6.45) is 4.46. The van der Waals surface area contributed by atoms with Gasteiger partial charge in [-0.3, -0.25) is 9.78 Å². The number of amides is 1. The number of anilines is 3. The standard InChI is InChI=1S/C26H28F3N7O2/c1-30-23(37)17-4-2-7-25(14-17)8-11-36(16-25)24-33-20(18-5-3-9-31-15-18)13-22(35-24)34-21-12-19(6-10-32-21)38-26(27,28)29/h3,5-6,9-10,12-13,15,17H,2,4,7-8,11,14,16H2,1H3,(H,30,37)(H,32,33,34,35). The third-order valence-corrected chi connectivity index (χ3v) is 7.17. The molecule has 1 saturated heterocycles. The van der Waals surface area contributed by atoms with E-state index in [4.69, 9.17) is 4.98 Å². The maximum Gasteiger partial charge on any atom is 0.573 e. The van der Waals surface area contributed by atoms with Crippen LogP contribution in [0, 0.1) is 11.3 Å². The van der Waals surface area contributed by atoms with E-state index < -0.39 is 6.36 Å². The number of pyridine rings is 2. The highest BCUT2D eigenvalue weighted by Crippen LogP contribution is 2.47. The predicted molar refractivity (Wildman–Crippen MR) is 135 cm³/mol. The van der Waals surface area contributed by atoms with Gasteiger partial charge in [-0.15, -0.1) is 13.2 Å². The lowest BCUT2D eigenvalue weighted by Crippen LogP contribution is -2.38. The highest BCUT2D eigenvalue weighted by molar-refractivity contribution is 5.78. The molecule has 3 aromatic rings. The zero-order valence-corrected chi connectivity index (χ0v) is 20.8. The van der Waals surface area contributed by atoms with Gasteiger partial charge in [0.1, 0.15) is 17.4 Å². The number of halogens is 3. The van der Waals surface area contributed by atoms with Crippen LogP contribution in [0.2, 0.25) is 0 Å². The number of carbonyl (C=O) groups excluding carboxylic acids is 1. The average Bonchev–Trinajstić information content (AvgIpc) is 3.30. The Labute approximate surface area is 217 Å². The van der Waals surface area contributed by atoms with Gasteiger partial charge < -0.3 is 20.3 Å². The largest absolute Gasteiger partial charge is 0.573 e. The molecule has 0 radical (unpaired) electrons. The van der Waals surface area contributed by atoms with E-state index in [9.17, 15) is 18.0 Å². The van der Waals surface area contributed by atoms with Crippen molar-refractivity contribution >= 4 is 23.5 Å². The van der Waals surface area contributed by atoms with Crippen LogP contribution in [0.25, 0.3) is 11.3 Å². The van der Waals surface area contributed by atoms with Crippen molar-refractivity contribution in [1.82, 2.24) is 25.3 Å². The van der Waals surface area contributed by atoms with Crippen LogP contribution in [0.3, 0.4) is 0 Å². The highest BCUT2D eigenvalue weighted by Gasteiger charge is 2.44. The van der Waals surface area contributed by atoms with Gasteiger partial charge in [-0.1, -0.05) is 6.42 Å². The van der Waals surface area contributed by atoms with Crippen molar-refractivity contribution in [2.75, 3.05) is 30.4 Å². The molecule has 4 heterocycles. The molecular formula is C26H28F3N7O2. The fourth-order valence-electron chi connectivity index (χ4n) is 5.46. The maximum absolute atomic E-state index is 12.7. The Kier molecular flexibility index (Phi) is 7.04. The lowest BCUT2D eigenvalue weighted by atomic mass is 9.69. The van der Waals surface area contributed by atoms with Crippen LogP contribution in [0.15, 0.2) is 48.9 Å². The quantitative estimate of drug-likeness (QED) is 0.475. The molecule has 2 fully saturated rings. The van der Waals surface area contributed by atoms with Crippen molar-refractivity contribution in [2.45, 2.75) is 38.5 Å². The first-order valence-electron chi connectivity index (χ1n) is 12.5. The molecule has 1 spiro atoms. The fraction of sp³-hybridized carbons (Fsp3) is 0.423. The first-order chi connectivity index (χ1) is 18.2. The van der Waals surface area contributed by atoms with Crippen molar-refractivity contribution in [3.8, 4) is 17.0 Å². The minimum absolute atomic E-state index is 0.00541. The fourth-order valence-corrected chi connectivity index (χ4v) is 5.46. The molecule has 1 aliphatic carbocycles. The molecule has 2 unspecified atom stereocenters. The average molecular weight is 528 g/mol. The van der Waals surface area contributed by atoms with Crippen molar-refractivity contribution in [2.24, 2.45) is 11.3 Å². The summed E-state index contributed by atoms with van der Waals surface area (Å²) in [6, 6.07) is 7.67. The van der Waals surface area contributed by atoms with Crippen LogP contribution in [-0.2, 0) is 4.79 Å². The summed E-state index contributed by atoms with van der Waals surface area (Å²) in [4.78, 5) is 32.2. The molecule has 1 aliphatic heterocycles. The topological polar surface area (TPSA) is 105 Å². The number of aromatic nitrogens is 4. The SMILES string of the molecule is CNC(=O)C1CCCC2(CCN(c3nc(Nc4cc(OC(F)(F)F)ccn4)cc(-c4cccnc4)n3)C2)C1.